The normalized spacial score (nSPS) is 10.6. The third-order valence-corrected chi connectivity index (χ3v) is 4.36. The summed E-state index contributed by atoms with van der Waals surface area (Å²) in [5, 5.41) is 0. The van der Waals surface area contributed by atoms with Crippen LogP contribution in [-0.4, -0.2) is 4.98 Å². The van der Waals surface area contributed by atoms with Gasteiger partial charge in [0.1, 0.15) is 0 Å². The van der Waals surface area contributed by atoms with Crippen molar-refractivity contribution in [3.05, 3.63) is 103 Å². The van der Waals surface area contributed by atoms with Crippen LogP contribution in [0.2, 0.25) is 0 Å². The van der Waals surface area contributed by atoms with Gasteiger partial charge in [-0.1, -0.05) is 60.7 Å². The van der Waals surface area contributed by atoms with Crippen LogP contribution in [0.25, 0.3) is 33.5 Å². The first-order valence-corrected chi connectivity index (χ1v) is 8.48. The van der Waals surface area contributed by atoms with Crippen molar-refractivity contribution in [1.29, 1.82) is 0 Å². The summed E-state index contributed by atoms with van der Waals surface area (Å²) >= 11 is 0. The van der Waals surface area contributed by atoms with Crippen molar-refractivity contribution in [3.8, 4) is 33.5 Å². The van der Waals surface area contributed by atoms with Crippen molar-refractivity contribution < 1.29 is 0 Å². The second kappa shape index (κ2) is 6.74. The van der Waals surface area contributed by atoms with Crippen molar-refractivity contribution in [1.82, 2.24) is 4.98 Å². The van der Waals surface area contributed by atoms with Crippen LogP contribution in [0.15, 0.2) is 97.2 Å². The molecular formula is C24H19N. The van der Waals surface area contributed by atoms with E-state index < -0.39 is 0 Å². The van der Waals surface area contributed by atoms with Crippen LogP contribution < -0.4 is 0 Å². The largest absolute Gasteiger partial charge is 0.256 e. The summed E-state index contributed by atoms with van der Waals surface area (Å²) in [5.74, 6) is 0. The summed E-state index contributed by atoms with van der Waals surface area (Å²) in [6, 6.07) is 31.9. The molecule has 0 spiro atoms. The maximum absolute atomic E-state index is 4.58. The van der Waals surface area contributed by atoms with Crippen molar-refractivity contribution in [2.75, 3.05) is 0 Å². The lowest BCUT2D eigenvalue weighted by Gasteiger charge is -2.11. The Labute approximate surface area is 148 Å². The second-order valence-electron chi connectivity index (χ2n) is 6.25. The minimum Gasteiger partial charge on any atom is -0.256 e. The van der Waals surface area contributed by atoms with Crippen LogP contribution in [-0.2, 0) is 0 Å². The van der Waals surface area contributed by atoms with Gasteiger partial charge in [0.25, 0.3) is 0 Å². The summed E-state index contributed by atoms with van der Waals surface area (Å²) in [6.45, 7) is 2.10. The van der Waals surface area contributed by atoms with Crippen LogP contribution in [0.1, 0.15) is 5.56 Å². The summed E-state index contributed by atoms with van der Waals surface area (Å²) in [5.41, 5.74) is 8.22. The minimum absolute atomic E-state index is 1.01. The molecule has 0 bridgehead atoms. The number of aromatic nitrogens is 1. The quantitative estimate of drug-likeness (QED) is 0.426. The molecule has 0 amide bonds. The van der Waals surface area contributed by atoms with Gasteiger partial charge < -0.3 is 0 Å². The number of aryl methyl sites for hydroxylation is 1. The van der Waals surface area contributed by atoms with Gasteiger partial charge in [-0.3, -0.25) is 4.98 Å². The predicted molar refractivity (Wildman–Crippen MR) is 105 cm³/mol. The summed E-state index contributed by atoms with van der Waals surface area (Å²) in [7, 11) is 0. The fraction of sp³-hybridized carbons (Fsp3) is 0.0417. The molecule has 0 fully saturated rings. The van der Waals surface area contributed by atoms with Crippen LogP contribution in [0, 0.1) is 6.92 Å². The van der Waals surface area contributed by atoms with E-state index in [-0.39, 0.29) is 0 Å². The Kier molecular flexibility index (Phi) is 4.14. The van der Waals surface area contributed by atoms with Crippen molar-refractivity contribution in [2.45, 2.75) is 6.92 Å². The number of pyridine rings is 1. The molecule has 1 heterocycles. The average molecular weight is 321 g/mol. The molecule has 0 atom stereocenters. The fourth-order valence-corrected chi connectivity index (χ4v) is 3.06. The second-order valence-corrected chi connectivity index (χ2v) is 6.25. The fourth-order valence-electron chi connectivity index (χ4n) is 3.06. The monoisotopic (exact) mass is 321 g/mol. The predicted octanol–water partition coefficient (Wildman–Crippen LogP) is 6.39. The van der Waals surface area contributed by atoms with E-state index in [1.54, 1.807) is 0 Å². The molecule has 4 rings (SSSR count). The van der Waals surface area contributed by atoms with E-state index in [2.05, 4.69) is 84.7 Å². The van der Waals surface area contributed by atoms with Gasteiger partial charge in [-0.25, -0.2) is 0 Å². The number of hydrogen-bond acceptors (Lipinski definition) is 1. The molecule has 4 aromatic rings. The van der Waals surface area contributed by atoms with E-state index in [4.69, 9.17) is 0 Å². The molecule has 120 valence electrons. The highest BCUT2D eigenvalue weighted by atomic mass is 14.7. The molecule has 0 aliphatic carbocycles. The maximum Gasteiger partial charge on any atom is 0.0705 e. The first-order chi connectivity index (χ1) is 12.3. The van der Waals surface area contributed by atoms with E-state index in [1.165, 1.54) is 27.8 Å². The Morgan fingerprint density at radius 3 is 1.56 bits per heavy atom. The lowest BCUT2D eigenvalue weighted by Crippen LogP contribution is -1.88. The number of nitrogens with zero attached hydrogens (tertiary/aromatic N) is 1. The first kappa shape index (κ1) is 15.3. The van der Waals surface area contributed by atoms with E-state index in [0.29, 0.717) is 0 Å². The Morgan fingerprint density at radius 1 is 0.520 bits per heavy atom. The standard InChI is InChI=1S/C24H19N/c1-18-12-13-25-24(14-18)23-16-21(19-8-4-2-5-9-19)15-22(17-23)20-10-6-3-7-11-20/h2-17H,1H3. The van der Waals surface area contributed by atoms with E-state index in [9.17, 15) is 0 Å². The molecule has 25 heavy (non-hydrogen) atoms. The smallest absolute Gasteiger partial charge is 0.0705 e. The summed E-state index contributed by atoms with van der Waals surface area (Å²) in [4.78, 5) is 4.58. The molecule has 0 aliphatic rings. The third kappa shape index (κ3) is 3.36. The van der Waals surface area contributed by atoms with Crippen LogP contribution in [0.3, 0.4) is 0 Å². The Bertz CT molecular complexity index is 931. The van der Waals surface area contributed by atoms with E-state index in [0.717, 1.165) is 11.3 Å². The topological polar surface area (TPSA) is 12.9 Å². The van der Waals surface area contributed by atoms with Gasteiger partial charge in [-0.05, 0) is 65.1 Å². The van der Waals surface area contributed by atoms with E-state index >= 15 is 0 Å². The molecule has 0 radical (unpaired) electrons. The highest BCUT2D eigenvalue weighted by Crippen LogP contribution is 2.32. The van der Waals surface area contributed by atoms with Gasteiger partial charge in [0, 0.05) is 11.8 Å². The zero-order valence-electron chi connectivity index (χ0n) is 14.2. The number of benzene rings is 3. The minimum atomic E-state index is 1.01. The van der Waals surface area contributed by atoms with Gasteiger partial charge >= 0.3 is 0 Å². The molecule has 0 N–H and O–H groups in total. The molecule has 1 nitrogen and oxygen atoms in total. The molecule has 3 aromatic carbocycles. The third-order valence-electron chi connectivity index (χ3n) is 4.36. The zero-order chi connectivity index (χ0) is 17.1. The number of hydrogen-bond donors (Lipinski definition) is 0. The van der Waals surface area contributed by atoms with Crippen molar-refractivity contribution in [2.24, 2.45) is 0 Å². The van der Waals surface area contributed by atoms with Gasteiger partial charge in [-0.15, -0.1) is 0 Å². The molecule has 0 aliphatic heterocycles. The van der Waals surface area contributed by atoms with E-state index in [1.807, 2.05) is 24.4 Å². The Hall–Kier alpha value is -3.19. The highest BCUT2D eigenvalue weighted by Gasteiger charge is 2.08. The molecule has 1 aromatic heterocycles. The van der Waals surface area contributed by atoms with Crippen molar-refractivity contribution >= 4 is 0 Å². The van der Waals surface area contributed by atoms with Crippen molar-refractivity contribution in [3.63, 3.8) is 0 Å². The lowest BCUT2D eigenvalue weighted by atomic mass is 9.94. The molecule has 0 saturated carbocycles. The number of rotatable bonds is 3. The van der Waals surface area contributed by atoms with Gasteiger partial charge in [0.2, 0.25) is 0 Å². The molecular weight excluding hydrogens is 302 g/mol. The van der Waals surface area contributed by atoms with Crippen LogP contribution in [0.5, 0.6) is 0 Å². The Balaban J connectivity index is 1.92. The van der Waals surface area contributed by atoms with Crippen LogP contribution >= 0.6 is 0 Å². The molecule has 1 heteroatoms. The first-order valence-electron chi connectivity index (χ1n) is 8.48. The lowest BCUT2D eigenvalue weighted by molar-refractivity contribution is 1.29. The highest BCUT2D eigenvalue weighted by molar-refractivity contribution is 5.80. The van der Waals surface area contributed by atoms with Gasteiger partial charge in [0.05, 0.1) is 5.69 Å². The summed E-state index contributed by atoms with van der Waals surface area (Å²) < 4.78 is 0. The molecule has 0 unspecified atom stereocenters. The molecule has 0 saturated heterocycles. The van der Waals surface area contributed by atoms with Gasteiger partial charge in [0.15, 0.2) is 0 Å². The summed E-state index contributed by atoms with van der Waals surface area (Å²) in [6.07, 6.45) is 1.88. The SMILES string of the molecule is Cc1ccnc(-c2cc(-c3ccccc3)cc(-c3ccccc3)c2)c1. The maximum atomic E-state index is 4.58. The zero-order valence-corrected chi connectivity index (χ0v) is 14.2. The van der Waals surface area contributed by atoms with Crippen LogP contribution in [0.4, 0.5) is 0 Å². The van der Waals surface area contributed by atoms with Gasteiger partial charge in [-0.2, -0.15) is 0 Å². The Morgan fingerprint density at radius 2 is 1.04 bits per heavy atom. The average Bonchev–Trinajstić information content (AvgIpc) is 2.69.